The minimum atomic E-state index is -0.262. The predicted molar refractivity (Wildman–Crippen MR) is 68.3 cm³/mol. The zero-order valence-corrected chi connectivity index (χ0v) is 11.8. The molecule has 5 heteroatoms. The van der Waals surface area contributed by atoms with Crippen LogP contribution in [0.5, 0.6) is 0 Å². The topological polar surface area (TPSA) is 59.5 Å². The fourth-order valence-corrected chi connectivity index (χ4v) is 2.81. The van der Waals surface area contributed by atoms with Gasteiger partial charge in [0.2, 0.25) is 5.91 Å². The van der Waals surface area contributed by atoms with Gasteiger partial charge in [0.1, 0.15) is 11.8 Å². The van der Waals surface area contributed by atoms with Crippen molar-refractivity contribution in [3.63, 3.8) is 0 Å². The maximum absolute atomic E-state index is 12.0. The van der Waals surface area contributed by atoms with E-state index in [9.17, 15) is 4.79 Å². The molecule has 2 atom stereocenters. The smallest absolute Gasteiger partial charge is 0.225 e. The van der Waals surface area contributed by atoms with Gasteiger partial charge in [-0.15, -0.1) is 0 Å². The first kappa shape index (κ1) is 12.6. The van der Waals surface area contributed by atoms with E-state index in [1.807, 2.05) is 31.7 Å². The fraction of sp³-hybridized carbons (Fsp3) is 0.583. The molecule has 0 saturated carbocycles. The van der Waals surface area contributed by atoms with Gasteiger partial charge in [0.15, 0.2) is 0 Å². The molecule has 0 bridgehead atoms. The van der Waals surface area contributed by atoms with Crippen LogP contribution in [0.4, 0.5) is 0 Å². The number of nitrogens with zero attached hydrogens (tertiary/aromatic N) is 1. The highest BCUT2D eigenvalue weighted by molar-refractivity contribution is 9.10. The van der Waals surface area contributed by atoms with Crippen molar-refractivity contribution in [2.24, 2.45) is 5.73 Å². The molecular weight excluding hydrogens is 284 g/mol. The Morgan fingerprint density at radius 3 is 2.65 bits per heavy atom. The lowest BCUT2D eigenvalue weighted by Crippen LogP contribution is -2.45. The largest absolute Gasteiger partial charge is 0.466 e. The number of furan rings is 1. The van der Waals surface area contributed by atoms with Crippen LogP contribution in [-0.2, 0) is 4.79 Å². The molecule has 2 heterocycles. The molecule has 1 amide bonds. The number of nitrogens with two attached hydrogens (primary N) is 1. The number of likely N-dealkylation sites (tertiary alicyclic amines) is 1. The van der Waals surface area contributed by atoms with Crippen molar-refractivity contribution in [2.45, 2.75) is 44.8 Å². The van der Waals surface area contributed by atoms with Gasteiger partial charge in [-0.2, -0.15) is 0 Å². The third-order valence-corrected chi connectivity index (χ3v) is 3.65. The number of amides is 1. The average molecular weight is 301 g/mol. The summed E-state index contributed by atoms with van der Waals surface area (Å²) >= 11 is 3.43. The van der Waals surface area contributed by atoms with Crippen molar-refractivity contribution in [3.8, 4) is 0 Å². The van der Waals surface area contributed by atoms with Crippen molar-refractivity contribution in [2.75, 3.05) is 0 Å². The first-order chi connectivity index (χ1) is 7.82. The quantitative estimate of drug-likeness (QED) is 0.866. The highest BCUT2D eigenvalue weighted by atomic mass is 79.9. The first-order valence-electron chi connectivity index (χ1n) is 5.63. The van der Waals surface area contributed by atoms with Gasteiger partial charge < -0.3 is 15.1 Å². The molecular formula is C12H17BrN2O2. The lowest BCUT2D eigenvalue weighted by atomic mass is 10.0. The van der Waals surface area contributed by atoms with Crippen molar-refractivity contribution in [1.29, 1.82) is 0 Å². The van der Waals surface area contributed by atoms with Crippen LogP contribution in [0.15, 0.2) is 21.2 Å². The van der Waals surface area contributed by atoms with Crippen molar-refractivity contribution >= 4 is 21.8 Å². The van der Waals surface area contributed by atoms with Gasteiger partial charge in [0, 0.05) is 18.0 Å². The number of carbonyl (C=O) groups excluding carboxylic acids is 1. The molecule has 0 spiro atoms. The summed E-state index contributed by atoms with van der Waals surface area (Å²) in [6, 6.07) is 1.42. The molecule has 0 aromatic carbocycles. The summed E-state index contributed by atoms with van der Waals surface area (Å²) in [6.45, 7) is 6.02. The second-order valence-corrected chi connectivity index (χ2v) is 6.23. The summed E-state index contributed by atoms with van der Waals surface area (Å²) < 4.78 is 6.33. The molecule has 2 unspecified atom stereocenters. The van der Waals surface area contributed by atoms with Crippen LogP contribution in [0.25, 0.3) is 0 Å². The van der Waals surface area contributed by atoms with Crippen LogP contribution in [0.3, 0.4) is 0 Å². The standard InChI is InChI=1S/C12H17BrN2O2/c1-12(2,3)15-9(16)6-8(14)10(15)11-7(13)4-5-17-11/h4-5,8,10H,6,14H2,1-3H3. The monoisotopic (exact) mass is 300 g/mol. The predicted octanol–water partition coefficient (Wildman–Crippen LogP) is 2.44. The lowest BCUT2D eigenvalue weighted by molar-refractivity contribution is -0.134. The number of halogens is 1. The lowest BCUT2D eigenvalue weighted by Gasteiger charge is -2.37. The van der Waals surface area contributed by atoms with E-state index in [1.54, 1.807) is 6.26 Å². The molecule has 1 saturated heterocycles. The summed E-state index contributed by atoms with van der Waals surface area (Å²) in [5.74, 6) is 0.816. The van der Waals surface area contributed by atoms with Crippen molar-refractivity contribution < 1.29 is 9.21 Å². The second-order valence-electron chi connectivity index (χ2n) is 5.38. The van der Waals surface area contributed by atoms with Crippen molar-refractivity contribution in [3.05, 3.63) is 22.6 Å². The normalized spacial score (nSPS) is 25.7. The van der Waals surface area contributed by atoms with E-state index in [1.165, 1.54) is 0 Å². The Hall–Kier alpha value is -0.810. The number of hydrogen-bond donors (Lipinski definition) is 1. The Morgan fingerprint density at radius 1 is 1.53 bits per heavy atom. The molecule has 94 valence electrons. The molecule has 4 nitrogen and oxygen atoms in total. The Balaban J connectivity index is 2.43. The highest BCUT2D eigenvalue weighted by Crippen LogP contribution is 2.40. The summed E-state index contributed by atoms with van der Waals surface area (Å²) in [7, 11) is 0. The Kier molecular flexibility index (Phi) is 3.08. The van der Waals surface area contributed by atoms with Gasteiger partial charge in [-0.1, -0.05) is 0 Å². The summed E-state index contributed by atoms with van der Waals surface area (Å²) in [5.41, 5.74) is 5.81. The SMILES string of the molecule is CC(C)(C)N1C(=O)CC(N)C1c1occc1Br. The molecule has 0 aliphatic carbocycles. The summed E-state index contributed by atoms with van der Waals surface area (Å²) in [4.78, 5) is 13.9. The third kappa shape index (κ3) is 2.13. The van der Waals surface area contributed by atoms with E-state index in [2.05, 4.69) is 15.9 Å². The van der Waals surface area contributed by atoms with E-state index in [0.29, 0.717) is 6.42 Å². The Bertz CT molecular complexity index is 436. The van der Waals surface area contributed by atoms with Crippen LogP contribution in [0.2, 0.25) is 0 Å². The van der Waals surface area contributed by atoms with Gasteiger partial charge in [-0.05, 0) is 42.8 Å². The zero-order valence-electron chi connectivity index (χ0n) is 10.2. The van der Waals surface area contributed by atoms with Crippen LogP contribution in [0, 0.1) is 0 Å². The van der Waals surface area contributed by atoms with Crippen LogP contribution >= 0.6 is 15.9 Å². The van der Waals surface area contributed by atoms with Crippen LogP contribution < -0.4 is 5.73 Å². The Morgan fingerprint density at radius 2 is 2.18 bits per heavy atom. The van der Waals surface area contributed by atoms with Gasteiger partial charge in [-0.3, -0.25) is 4.79 Å². The highest BCUT2D eigenvalue weighted by Gasteiger charge is 2.46. The second kappa shape index (κ2) is 4.14. The summed E-state index contributed by atoms with van der Waals surface area (Å²) in [6.07, 6.45) is 1.98. The molecule has 1 aliphatic heterocycles. The molecule has 0 radical (unpaired) electrons. The van der Waals surface area contributed by atoms with E-state index in [4.69, 9.17) is 10.2 Å². The molecule has 2 rings (SSSR count). The van der Waals surface area contributed by atoms with Crippen LogP contribution in [0.1, 0.15) is 39.0 Å². The number of rotatable bonds is 1. The minimum absolute atomic E-state index is 0.0818. The molecule has 1 aliphatic rings. The van der Waals surface area contributed by atoms with Gasteiger partial charge >= 0.3 is 0 Å². The average Bonchev–Trinajstić information content (AvgIpc) is 2.68. The Labute approximate surface area is 109 Å². The zero-order chi connectivity index (χ0) is 12.8. The molecule has 17 heavy (non-hydrogen) atoms. The molecule has 1 fully saturated rings. The maximum Gasteiger partial charge on any atom is 0.225 e. The van der Waals surface area contributed by atoms with E-state index < -0.39 is 0 Å². The molecule has 1 aromatic heterocycles. The minimum Gasteiger partial charge on any atom is -0.466 e. The van der Waals surface area contributed by atoms with Crippen molar-refractivity contribution in [1.82, 2.24) is 4.90 Å². The fourth-order valence-electron chi connectivity index (χ4n) is 2.38. The van der Waals surface area contributed by atoms with Gasteiger partial charge in [0.25, 0.3) is 0 Å². The summed E-state index contributed by atoms with van der Waals surface area (Å²) in [5, 5.41) is 0. The van der Waals surface area contributed by atoms with E-state index in [0.717, 1.165) is 10.2 Å². The number of carbonyl (C=O) groups is 1. The molecule has 2 N–H and O–H groups in total. The third-order valence-electron chi connectivity index (χ3n) is 3.00. The van der Waals surface area contributed by atoms with E-state index >= 15 is 0 Å². The van der Waals surface area contributed by atoms with Gasteiger partial charge in [-0.25, -0.2) is 0 Å². The maximum atomic E-state index is 12.0. The number of hydrogen-bond acceptors (Lipinski definition) is 3. The first-order valence-corrected chi connectivity index (χ1v) is 6.42. The van der Waals surface area contributed by atoms with E-state index in [-0.39, 0.29) is 23.5 Å². The van der Waals surface area contributed by atoms with Gasteiger partial charge in [0.05, 0.1) is 10.7 Å². The molecule has 1 aromatic rings. The van der Waals surface area contributed by atoms with Crippen LogP contribution in [-0.4, -0.2) is 22.4 Å².